The van der Waals surface area contributed by atoms with Gasteiger partial charge in [0.25, 0.3) is 0 Å². The van der Waals surface area contributed by atoms with Gasteiger partial charge in [-0.2, -0.15) is 0 Å². The fraction of sp³-hybridized carbons (Fsp3) is 0.500. The zero-order valence-electron chi connectivity index (χ0n) is 13.8. The first-order valence-corrected chi connectivity index (χ1v) is 8.02. The Hall–Kier alpha value is -1.97. The van der Waals surface area contributed by atoms with E-state index in [9.17, 15) is 0 Å². The Morgan fingerprint density at radius 3 is 3.14 bits per heavy atom. The van der Waals surface area contributed by atoms with Gasteiger partial charge in [0.15, 0.2) is 5.96 Å². The van der Waals surface area contributed by atoms with E-state index in [1.54, 1.807) is 0 Å². The lowest BCUT2D eigenvalue weighted by molar-refractivity contribution is 0.357. The summed E-state index contributed by atoms with van der Waals surface area (Å²) in [7, 11) is 3.91. The van der Waals surface area contributed by atoms with E-state index in [0.717, 1.165) is 57.1 Å². The number of aliphatic imine (C=N–C) groups is 1. The van der Waals surface area contributed by atoms with Crippen LogP contribution in [0, 0.1) is 0 Å². The van der Waals surface area contributed by atoms with Crippen molar-refractivity contribution < 1.29 is 4.74 Å². The number of allylic oxidation sites excluding steroid dienone is 1. The highest BCUT2D eigenvalue weighted by Gasteiger charge is 2.12. The van der Waals surface area contributed by atoms with Crippen LogP contribution in [-0.2, 0) is 12.8 Å². The van der Waals surface area contributed by atoms with Crippen LogP contribution >= 0.6 is 0 Å². The van der Waals surface area contributed by atoms with Crippen LogP contribution in [0.1, 0.15) is 24.0 Å². The average Bonchev–Trinajstić information content (AvgIpc) is 2.99. The monoisotopic (exact) mass is 301 g/mol. The van der Waals surface area contributed by atoms with E-state index in [2.05, 4.69) is 47.0 Å². The molecule has 2 rings (SSSR count). The molecule has 0 atom stereocenters. The second-order valence-corrected chi connectivity index (χ2v) is 5.62. The molecule has 0 aromatic heterocycles. The van der Waals surface area contributed by atoms with Gasteiger partial charge in [-0.25, -0.2) is 0 Å². The van der Waals surface area contributed by atoms with Crippen LogP contribution in [0.2, 0.25) is 0 Å². The summed E-state index contributed by atoms with van der Waals surface area (Å²) in [5.41, 5.74) is 2.69. The SMILES string of the molecule is C=CCCCN(C)C(=NC)NCCc1ccc2c(c1)CCO2. The summed E-state index contributed by atoms with van der Waals surface area (Å²) in [5.74, 6) is 2.00. The summed E-state index contributed by atoms with van der Waals surface area (Å²) in [6, 6.07) is 6.51. The highest BCUT2D eigenvalue weighted by molar-refractivity contribution is 5.79. The van der Waals surface area contributed by atoms with E-state index in [1.807, 2.05) is 13.1 Å². The molecule has 22 heavy (non-hydrogen) atoms. The molecule has 1 aliphatic rings. The zero-order valence-corrected chi connectivity index (χ0v) is 13.8. The van der Waals surface area contributed by atoms with Crippen LogP contribution in [0.4, 0.5) is 0 Å². The molecule has 0 saturated heterocycles. The van der Waals surface area contributed by atoms with E-state index in [1.165, 1.54) is 11.1 Å². The molecule has 0 aliphatic carbocycles. The van der Waals surface area contributed by atoms with Gasteiger partial charge >= 0.3 is 0 Å². The molecule has 0 bridgehead atoms. The standard InChI is InChI=1S/C18H27N3O/c1-4-5-6-12-21(3)18(19-2)20-11-9-15-7-8-17-16(14-15)10-13-22-17/h4,7-8,14H,1,5-6,9-13H2,2-3H3,(H,19,20). The minimum absolute atomic E-state index is 0.819. The number of hydrogen-bond donors (Lipinski definition) is 1. The first kappa shape index (κ1) is 16.4. The molecule has 4 nitrogen and oxygen atoms in total. The van der Waals surface area contributed by atoms with Crippen LogP contribution in [-0.4, -0.2) is 44.7 Å². The van der Waals surface area contributed by atoms with E-state index in [0.29, 0.717) is 0 Å². The normalized spacial score (nSPS) is 13.5. The Morgan fingerprint density at radius 1 is 1.50 bits per heavy atom. The maximum absolute atomic E-state index is 5.54. The van der Waals surface area contributed by atoms with Crippen molar-refractivity contribution in [2.24, 2.45) is 4.99 Å². The predicted molar refractivity (Wildman–Crippen MR) is 92.8 cm³/mol. The van der Waals surface area contributed by atoms with Gasteiger partial charge in [-0.05, 0) is 36.5 Å². The first-order valence-electron chi connectivity index (χ1n) is 8.02. The summed E-state index contributed by atoms with van der Waals surface area (Å²) in [6.45, 7) is 6.45. The minimum Gasteiger partial charge on any atom is -0.493 e. The van der Waals surface area contributed by atoms with Gasteiger partial charge < -0.3 is 15.0 Å². The number of fused-ring (bicyclic) bond motifs is 1. The molecule has 1 N–H and O–H groups in total. The number of guanidine groups is 1. The lowest BCUT2D eigenvalue weighted by atomic mass is 10.1. The minimum atomic E-state index is 0.819. The van der Waals surface area contributed by atoms with Crippen LogP contribution < -0.4 is 10.1 Å². The number of benzene rings is 1. The molecular weight excluding hydrogens is 274 g/mol. The molecule has 1 aromatic carbocycles. The number of nitrogens with zero attached hydrogens (tertiary/aromatic N) is 2. The Kier molecular flexibility index (Phi) is 6.31. The molecule has 0 fully saturated rings. The second kappa shape index (κ2) is 8.47. The number of nitrogens with one attached hydrogen (secondary N) is 1. The number of hydrogen-bond acceptors (Lipinski definition) is 2. The topological polar surface area (TPSA) is 36.9 Å². The van der Waals surface area contributed by atoms with Crippen molar-refractivity contribution >= 4 is 5.96 Å². The van der Waals surface area contributed by atoms with Crippen molar-refractivity contribution in [3.8, 4) is 5.75 Å². The molecule has 0 saturated carbocycles. The molecule has 120 valence electrons. The van der Waals surface area contributed by atoms with Gasteiger partial charge in [-0.1, -0.05) is 18.2 Å². The quantitative estimate of drug-likeness (QED) is 0.364. The third-order valence-electron chi connectivity index (χ3n) is 3.93. The molecule has 1 aliphatic heterocycles. The van der Waals surface area contributed by atoms with Crippen LogP contribution in [0.25, 0.3) is 0 Å². The van der Waals surface area contributed by atoms with Gasteiger partial charge in [-0.15, -0.1) is 6.58 Å². The molecule has 0 unspecified atom stereocenters. The maximum atomic E-state index is 5.54. The van der Waals surface area contributed by atoms with Crippen molar-refractivity contribution in [2.75, 3.05) is 33.8 Å². The van der Waals surface area contributed by atoms with Gasteiger partial charge in [-0.3, -0.25) is 4.99 Å². The fourth-order valence-electron chi connectivity index (χ4n) is 2.68. The summed E-state index contributed by atoms with van der Waals surface area (Å²) >= 11 is 0. The number of rotatable bonds is 7. The van der Waals surface area contributed by atoms with Crippen molar-refractivity contribution in [1.29, 1.82) is 0 Å². The highest BCUT2D eigenvalue weighted by Crippen LogP contribution is 2.25. The Labute approximate surface area is 133 Å². The van der Waals surface area contributed by atoms with E-state index >= 15 is 0 Å². The number of unbranched alkanes of at least 4 members (excludes halogenated alkanes) is 1. The van der Waals surface area contributed by atoms with Gasteiger partial charge in [0.05, 0.1) is 6.61 Å². The van der Waals surface area contributed by atoms with Crippen LogP contribution in [0.15, 0.2) is 35.8 Å². The van der Waals surface area contributed by atoms with E-state index in [4.69, 9.17) is 4.74 Å². The van der Waals surface area contributed by atoms with Gasteiger partial charge in [0.1, 0.15) is 5.75 Å². The van der Waals surface area contributed by atoms with Crippen molar-refractivity contribution in [2.45, 2.75) is 25.7 Å². The lowest BCUT2D eigenvalue weighted by Crippen LogP contribution is -2.40. The van der Waals surface area contributed by atoms with Crippen molar-refractivity contribution in [1.82, 2.24) is 10.2 Å². The summed E-state index contributed by atoms with van der Waals surface area (Å²) < 4.78 is 5.54. The molecule has 0 amide bonds. The summed E-state index contributed by atoms with van der Waals surface area (Å²) in [4.78, 5) is 6.51. The third kappa shape index (κ3) is 4.52. The van der Waals surface area contributed by atoms with E-state index < -0.39 is 0 Å². The third-order valence-corrected chi connectivity index (χ3v) is 3.93. The zero-order chi connectivity index (χ0) is 15.8. The largest absolute Gasteiger partial charge is 0.493 e. The van der Waals surface area contributed by atoms with Crippen molar-refractivity contribution in [3.05, 3.63) is 42.0 Å². The fourth-order valence-corrected chi connectivity index (χ4v) is 2.68. The van der Waals surface area contributed by atoms with E-state index in [-0.39, 0.29) is 0 Å². The van der Waals surface area contributed by atoms with Gasteiger partial charge in [0.2, 0.25) is 0 Å². The van der Waals surface area contributed by atoms with Crippen LogP contribution in [0.3, 0.4) is 0 Å². The lowest BCUT2D eigenvalue weighted by Gasteiger charge is -2.21. The highest BCUT2D eigenvalue weighted by atomic mass is 16.5. The predicted octanol–water partition coefficient (Wildman–Crippen LogP) is 2.64. The summed E-state index contributed by atoms with van der Waals surface area (Å²) in [5, 5.41) is 3.43. The Bertz CT molecular complexity index is 525. The molecule has 1 aromatic rings. The molecule has 0 radical (unpaired) electrons. The smallest absolute Gasteiger partial charge is 0.193 e. The van der Waals surface area contributed by atoms with Gasteiger partial charge in [0, 0.05) is 33.6 Å². The Morgan fingerprint density at radius 2 is 2.36 bits per heavy atom. The molecule has 4 heteroatoms. The maximum Gasteiger partial charge on any atom is 0.193 e. The molecule has 0 spiro atoms. The Balaban J connectivity index is 1.77. The average molecular weight is 301 g/mol. The first-order chi connectivity index (χ1) is 10.7. The molecule has 1 heterocycles. The van der Waals surface area contributed by atoms with Crippen LogP contribution in [0.5, 0.6) is 5.75 Å². The number of ether oxygens (including phenoxy) is 1. The second-order valence-electron chi connectivity index (χ2n) is 5.62. The summed E-state index contributed by atoms with van der Waals surface area (Å²) in [6.07, 6.45) is 6.13. The van der Waals surface area contributed by atoms with Crippen molar-refractivity contribution in [3.63, 3.8) is 0 Å². The molecular formula is C18H27N3O.